The molecule has 4 aromatic rings. The molecule has 0 amide bonds. The first kappa shape index (κ1) is 20.4. The van der Waals surface area contributed by atoms with Crippen LogP contribution in [0, 0.1) is 6.92 Å². The van der Waals surface area contributed by atoms with Crippen molar-refractivity contribution in [3.8, 4) is 11.5 Å². The third-order valence-electron chi connectivity index (χ3n) is 6.09. The Hall–Kier alpha value is -3.52. The minimum absolute atomic E-state index is 0.0986. The summed E-state index contributed by atoms with van der Waals surface area (Å²) < 4.78 is 3.75. The van der Waals surface area contributed by atoms with Gasteiger partial charge in [0.1, 0.15) is 22.7 Å². The zero-order valence-corrected chi connectivity index (χ0v) is 18.7. The second-order valence-corrected chi connectivity index (χ2v) is 8.46. The molecular formula is C24H27N7O. The largest absolute Gasteiger partial charge is 0.354 e. The zero-order valence-electron chi connectivity index (χ0n) is 18.7. The monoisotopic (exact) mass is 429 g/mol. The highest BCUT2D eigenvalue weighted by Crippen LogP contribution is 2.27. The van der Waals surface area contributed by atoms with Crippen molar-refractivity contribution in [1.29, 1.82) is 0 Å². The predicted octanol–water partition coefficient (Wildman–Crippen LogP) is 2.30. The molecule has 0 bridgehead atoms. The van der Waals surface area contributed by atoms with Crippen molar-refractivity contribution >= 4 is 16.9 Å². The van der Waals surface area contributed by atoms with Crippen molar-refractivity contribution in [2.45, 2.75) is 13.5 Å². The lowest BCUT2D eigenvalue weighted by molar-refractivity contribution is 0.312. The van der Waals surface area contributed by atoms with Gasteiger partial charge in [-0.2, -0.15) is 0 Å². The van der Waals surface area contributed by atoms with E-state index < -0.39 is 0 Å². The average Bonchev–Trinajstić information content (AvgIpc) is 3.16. The van der Waals surface area contributed by atoms with Crippen molar-refractivity contribution in [3.63, 3.8) is 0 Å². The topological polar surface area (TPSA) is 72.1 Å². The molecule has 0 saturated carbocycles. The molecule has 0 aliphatic carbocycles. The standard InChI is InChI=1S/C24H27N7O/c1-17-24(32)29(3)16-20(26-17)23-27-19-14-25-22(30-11-9-28(2)10-12-30)13-21(19)31(23)15-18-7-5-4-6-8-18/h4-8,13-14,16H,9-12,15H2,1-3H3. The van der Waals surface area contributed by atoms with Gasteiger partial charge in [0.25, 0.3) is 5.56 Å². The molecule has 1 saturated heterocycles. The van der Waals surface area contributed by atoms with Crippen molar-refractivity contribution in [2.24, 2.45) is 7.05 Å². The lowest BCUT2D eigenvalue weighted by Crippen LogP contribution is -2.44. The molecule has 1 fully saturated rings. The maximum absolute atomic E-state index is 12.2. The number of rotatable bonds is 4. The number of hydrogen-bond donors (Lipinski definition) is 0. The zero-order chi connectivity index (χ0) is 22.2. The molecule has 8 heteroatoms. The number of fused-ring (bicyclic) bond motifs is 1. The average molecular weight is 430 g/mol. The first-order valence-corrected chi connectivity index (χ1v) is 10.9. The van der Waals surface area contributed by atoms with Gasteiger partial charge < -0.3 is 18.9 Å². The van der Waals surface area contributed by atoms with Crippen LogP contribution in [-0.2, 0) is 13.6 Å². The SMILES string of the molecule is Cc1nc(-c2nc3cnc(N4CCN(C)CC4)cc3n2Cc2ccccc2)cn(C)c1=O. The fraction of sp³-hybridized carbons (Fsp3) is 0.333. The lowest BCUT2D eigenvalue weighted by atomic mass is 10.2. The van der Waals surface area contributed by atoms with E-state index in [0.717, 1.165) is 48.9 Å². The van der Waals surface area contributed by atoms with Gasteiger partial charge in [0.15, 0.2) is 5.82 Å². The molecule has 0 radical (unpaired) electrons. The van der Waals surface area contributed by atoms with E-state index in [4.69, 9.17) is 9.97 Å². The Morgan fingerprint density at radius 3 is 2.47 bits per heavy atom. The van der Waals surface area contributed by atoms with Gasteiger partial charge in [0, 0.05) is 52.0 Å². The summed E-state index contributed by atoms with van der Waals surface area (Å²) in [4.78, 5) is 31.0. The number of hydrogen-bond acceptors (Lipinski definition) is 6. The molecule has 8 nitrogen and oxygen atoms in total. The lowest BCUT2D eigenvalue weighted by Gasteiger charge is -2.33. The van der Waals surface area contributed by atoms with Crippen LogP contribution in [0.5, 0.6) is 0 Å². The van der Waals surface area contributed by atoms with Gasteiger partial charge in [0.05, 0.1) is 11.7 Å². The van der Waals surface area contributed by atoms with Gasteiger partial charge in [-0.3, -0.25) is 4.79 Å². The highest BCUT2D eigenvalue weighted by Gasteiger charge is 2.20. The molecule has 1 aliphatic rings. The van der Waals surface area contributed by atoms with Gasteiger partial charge in [-0.25, -0.2) is 15.0 Å². The van der Waals surface area contributed by atoms with Crippen LogP contribution in [0.4, 0.5) is 5.82 Å². The number of benzene rings is 1. The number of piperazine rings is 1. The third kappa shape index (κ3) is 3.78. The molecule has 4 heterocycles. The summed E-state index contributed by atoms with van der Waals surface area (Å²) in [7, 11) is 3.90. The molecule has 0 N–H and O–H groups in total. The van der Waals surface area contributed by atoms with Gasteiger partial charge in [0.2, 0.25) is 0 Å². The third-order valence-corrected chi connectivity index (χ3v) is 6.09. The van der Waals surface area contributed by atoms with Crippen LogP contribution >= 0.6 is 0 Å². The van der Waals surface area contributed by atoms with Gasteiger partial charge in [-0.1, -0.05) is 30.3 Å². The number of aryl methyl sites for hydroxylation is 2. The molecular weight excluding hydrogens is 402 g/mol. The van der Waals surface area contributed by atoms with Crippen molar-refractivity contribution < 1.29 is 0 Å². The number of imidazole rings is 1. The Morgan fingerprint density at radius 2 is 1.75 bits per heavy atom. The van der Waals surface area contributed by atoms with E-state index in [9.17, 15) is 4.79 Å². The number of likely N-dealkylation sites (N-methyl/N-ethyl adjacent to an activating group) is 1. The van der Waals surface area contributed by atoms with E-state index in [1.54, 1.807) is 24.7 Å². The molecule has 164 valence electrons. The molecule has 0 unspecified atom stereocenters. The van der Waals surface area contributed by atoms with E-state index in [1.165, 1.54) is 5.56 Å². The normalized spacial score (nSPS) is 14.9. The van der Waals surface area contributed by atoms with Gasteiger partial charge in [-0.15, -0.1) is 0 Å². The minimum Gasteiger partial charge on any atom is -0.354 e. The van der Waals surface area contributed by atoms with Crippen LogP contribution in [0.25, 0.3) is 22.6 Å². The summed E-state index contributed by atoms with van der Waals surface area (Å²) in [6.45, 7) is 6.35. The molecule has 0 spiro atoms. The Labute approximate surface area is 186 Å². The number of pyridine rings is 1. The maximum Gasteiger partial charge on any atom is 0.271 e. The summed E-state index contributed by atoms with van der Waals surface area (Å²) >= 11 is 0. The highest BCUT2D eigenvalue weighted by molar-refractivity contribution is 5.82. The molecule has 5 rings (SSSR count). The Balaban J connectivity index is 1.65. The summed E-state index contributed by atoms with van der Waals surface area (Å²) in [5.41, 5.74) is 4.05. The maximum atomic E-state index is 12.2. The molecule has 1 aliphatic heterocycles. The van der Waals surface area contributed by atoms with E-state index in [-0.39, 0.29) is 5.56 Å². The molecule has 32 heavy (non-hydrogen) atoms. The highest BCUT2D eigenvalue weighted by atomic mass is 16.1. The Kier molecular flexibility index (Phi) is 5.22. The summed E-state index contributed by atoms with van der Waals surface area (Å²) in [5, 5.41) is 0. The minimum atomic E-state index is -0.0986. The van der Waals surface area contributed by atoms with Crippen LogP contribution < -0.4 is 10.5 Å². The van der Waals surface area contributed by atoms with Crippen LogP contribution in [-0.4, -0.2) is 62.2 Å². The van der Waals surface area contributed by atoms with E-state index in [0.29, 0.717) is 17.9 Å². The van der Waals surface area contributed by atoms with Crippen molar-refractivity contribution in [2.75, 3.05) is 38.1 Å². The second-order valence-electron chi connectivity index (χ2n) is 8.46. The van der Waals surface area contributed by atoms with Crippen LogP contribution in [0.2, 0.25) is 0 Å². The molecule has 3 aromatic heterocycles. The summed E-state index contributed by atoms with van der Waals surface area (Å²) in [6, 6.07) is 12.5. The van der Waals surface area contributed by atoms with Crippen molar-refractivity contribution in [1.82, 2.24) is 29.0 Å². The van der Waals surface area contributed by atoms with Gasteiger partial charge in [-0.05, 0) is 19.5 Å². The number of aromatic nitrogens is 5. The Morgan fingerprint density at radius 1 is 1.00 bits per heavy atom. The smallest absolute Gasteiger partial charge is 0.271 e. The molecule has 1 aromatic carbocycles. The van der Waals surface area contributed by atoms with Crippen LogP contribution in [0.1, 0.15) is 11.3 Å². The van der Waals surface area contributed by atoms with E-state index >= 15 is 0 Å². The fourth-order valence-electron chi connectivity index (χ4n) is 4.21. The summed E-state index contributed by atoms with van der Waals surface area (Å²) in [6.07, 6.45) is 3.61. The summed E-state index contributed by atoms with van der Waals surface area (Å²) in [5.74, 6) is 1.70. The van der Waals surface area contributed by atoms with Crippen LogP contribution in [0.15, 0.2) is 53.6 Å². The van der Waals surface area contributed by atoms with E-state index in [2.05, 4.69) is 44.6 Å². The van der Waals surface area contributed by atoms with Gasteiger partial charge >= 0.3 is 0 Å². The Bertz CT molecular complexity index is 1290. The molecule has 0 atom stereocenters. The fourth-order valence-corrected chi connectivity index (χ4v) is 4.21. The second kappa shape index (κ2) is 8.20. The number of anilines is 1. The van der Waals surface area contributed by atoms with Crippen molar-refractivity contribution in [3.05, 3.63) is 70.4 Å². The first-order chi connectivity index (χ1) is 15.5. The van der Waals surface area contributed by atoms with Crippen LogP contribution in [0.3, 0.4) is 0 Å². The van der Waals surface area contributed by atoms with E-state index in [1.807, 2.05) is 24.4 Å². The first-order valence-electron chi connectivity index (χ1n) is 10.9. The quantitative estimate of drug-likeness (QED) is 0.496. The predicted molar refractivity (Wildman–Crippen MR) is 126 cm³/mol. The number of nitrogens with zero attached hydrogens (tertiary/aromatic N) is 7.